The molecule has 0 atom stereocenters. The molecule has 4 rings (SSSR count). The minimum atomic E-state index is 0.435. The fourth-order valence-corrected chi connectivity index (χ4v) is 2.58. The highest BCUT2D eigenvalue weighted by Gasteiger charge is 2.09. The van der Waals surface area contributed by atoms with Crippen LogP contribution in [0.3, 0.4) is 0 Å². The third kappa shape index (κ3) is 2.86. The van der Waals surface area contributed by atoms with E-state index in [2.05, 4.69) is 42.4 Å². The highest BCUT2D eigenvalue weighted by molar-refractivity contribution is 5.87. The van der Waals surface area contributed by atoms with Crippen LogP contribution in [0, 0.1) is 11.8 Å². The van der Waals surface area contributed by atoms with Crippen molar-refractivity contribution in [2.75, 3.05) is 12.4 Å². The second-order valence-corrected chi connectivity index (χ2v) is 5.43. The van der Waals surface area contributed by atoms with E-state index in [1.54, 1.807) is 30.9 Å². The topological polar surface area (TPSA) is 90.1 Å². The fraction of sp³-hybridized carbons (Fsp3) is 0.167. The van der Waals surface area contributed by atoms with Crippen LogP contribution in [-0.4, -0.2) is 36.9 Å². The first-order valence-electron chi connectivity index (χ1n) is 7.95. The first kappa shape index (κ1) is 15.8. The lowest BCUT2D eigenvalue weighted by Crippen LogP contribution is -2.07. The molecule has 0 aliphatic rings. The van der Waals surface area contributed by atoms with E-state index >= 15 is 0 Å². The van der Waals surface area contributed by atoms with Crippen molar-refractivity contribution in [3.05, 3.63) is 48.2 Å². The number of nitrogens with zero attached hydrogens (tertiary/aromatic N) is 6. The van der Waals surface area contributed by atoms with E-state index in [1.807, 2.05) is 24.3 Å². The van der Waals surface area contributed by atoms with Crippen molar-refractivity contribution in [1.82, 2.24) is 29.8 Å². The average molecular weight is 345 g/mol. The predicted octanol–water partition coefficient (Wildman–Crippen LogP) is 2.06. The van der Waals surface area contributed by atoms with E-state index in [-0.39, 0.29) is 0 Å². The van der Waals surface area contributed by atoms with Crippen LogP contribution >= 0.6 is 0 Å². The van der Waals surface area contributed by atoms with Gasteiger partial charge in [-0.2, -0.15) is 9.61 Å². The van der Waals surface area contributed by atoms with Crippen molar-refractivity contribution in [1.29, 1.82) is 0 Å². The van der Waals surface area contributed by atoms with E-state index in [9.17, 15) is 0 Å². The van der Waals surface area contributed by atoms with Gasteiger partial charge in [0.15, 0.2) is 11.5 Å². The summed E-state index contributed by atoms with van der Waals surface area (Å²) < 4.78 is 6.88. The quantitative estimate of drug-likeness (QED) is 0.566. The Morgan fingerprint density at radius 3 is 2.96 bits per heavy atom. The van der Waals surface area contributed by atoms with Gasteiger partial charge in [0.1, 0.15) is 17.0 Å². The van der Waals surface area contributed by atoms with Gasteiger partial charge in [-0.3, -0.25) is 4.98 Å². The maximum atomic E-state index is 5.20. The van der Waals surface area contributed by atoms with Crippen LogP contribution in [0.15, 0.2) is 36.7 Å². The zero-order valence-electron chi connectivity index (χ0n) is 14.3. The van der Waals surface area contributed by atoms with E-state index in [4.69, 9.17) is 4.74 Å². The second-order valence-electron chi connectivity index (χ2n) is 5.43. The van der Waals surface area contributed by atoms with Gasteiger partial charge >= 0.3 is 0 Å². The van der Waals surface area contributed by atoms with Crippen LogP contribution in [-0.2, 0) is 6.54 Å². The molecular weight excluding hydrogens is 330 g/mol. The molecule has 0 fully saturated rings. The SMILES string of the molecule is CC#Cc1ccc2nnc(CNc3ccnc4cc(OC)cnc34)n2n1. The van der Waals surface area contributed by atoms with Crippen molar-refractivity contribution in [3.63, 3.8) is 0 Å². The Morgan fingerprint density at radius 1 is 1.19 bits per heavy atom. The molecule has 0 saturated carbocycles. The van der Waals surface area contributed by atoms with Gasteiger partial charge in [-0.25, -0.2) is 4.98 Å². The minimum Gasteiger partial charge on any atom is -0.495 e. The number of nitrogens with one attached hydrogen (secondary N) is 1. The van der Waals surface area contributed by atoms with Crippen molar-refractivity contribution in [3.8, 4) is 17.6 Å². The van der Waals surface area contributed by atoms with Gasteiger partial charge in [0.2, 0.25) is 0 Å². The van der Waals surface area contributed by atoms with Gasteiger partial charge < -0.3 is 10.1 Å². The molecule has 0 aliphatic heterocycles. The number of ether oxygens (including phenoxy) is 1. The molecule has 0 saturated heterocycles. The molecule has 26 heavy (non-hydrogen) atoms. The molecule has 0 bridgehead atoms. The molecular formula is C18H15N7O. The molecule has 1 N–H and O–H groups in total. The summed E-state index contributed by atoms with van der Waals surface area (Å²) >= 11 is 0. The minimum absolute atomic E-state index is 0.435. The first-order valence-corrected chi connectivity index (χ1v) is 7.95. The lowest BCUT2D eigenvalue weighted by Gasteiger charge is -2.08. The van der Waals surface area contributed by atoms with Gasteiger partial charge in [0.25, 0.3) is 0 Å². The number of hydrogen-bond acceptors (Lipinski definition) is 7. The molecule has 4 aromatic heterocycles. The van der Waals surface area contributed by atoms with Crippen LogP contribution in [0.1, 0.15) is 18.4 Å². The number of anilines is 1. The number of methoxy groups -OCH3 is 1. The lowest BCUT2D eigenvalue weighted by atomic mass is 10.2. The third-order valence-corrected chi connectivity index (χ3v) is 3.81. The van der Waals surface area contributed by atoms with Crippen LogP contribution in [0.4, 0.5) is 5.69 Å². The Hall–Kier alpha value is -3.73. The van der Waals surface area contributed by atoms with Gasteiger partial charge in [-0.1, -0.05) is 5.92 Å². The van der Waals surface area contributed by atoms with E-state index in [0.717, 1.165) is 16.7 Å². The summed E-state index contributed by atoms with van der Waals surface area (Å²) in [6.07, 6.45) is 3.39. The number of aromatic nitrogens is 6. The highest BCUT2D eigenvalue weighted by Crippen LogP contribution is 2.23. The Labute approximate surface area is 149 Å². The average Bonchev–Trinajstić information content (AvgIpc) is 3.08. The number of fused-ring (bicyclic) bond motifs is 2. The monoisotopic (exact) mass is 345 g/mol. The van der Waals surface area contributed by atoms with Gasteiger partial charge in [0, 0.05) is 12.3 Å². The summed E-state index contributed by atoms with van der Waals surface area (Å²) in [4.78, 5) is 8.76. The molecule has 8 heteroatoms. The fourth-order valence-electron chi connectivity index (χ4n) is 2.58. The zero-order chi connectivity index (χ0) is 17.9. The number of pyridine rings is 2. The van der Waals surface area contributed by atoms with Crippen molar-refractivity contribution >= 4 is 22.4 Å². The maximum absolute atomic E-state index is 5.20. The molecule has 0 unspecified atom stereocenters. The Balaban J connectivity index is 1.65. The number of rotatable bonds is 4. The molecule has 4 aromatic rings. The molecule has 4 heterocycles. The summed E-state index contributed by atoms with van der Waals surface area (Å²) in [5, 5.41) is 16.1. The second kappa shape index (κ2) is 6.64. The van der Waals surface area contributed by atoms with E-state index < -0.39 is 0 Å². The molecule has 0 aliphatic carbocycles. The molecule has 8 nitrogen and oxygen atoms in total. The van der Waals surface area contributed by atoms with Crippen molar-refractivity contribution in [2.45, 2.75) is 13.5 Å². The van der Waals surface area contributed by atoms with Crippen LogP contribution in [0.2, 0.25) is 0 Å². The normalized spacial score (nSPS) is 10.5. The first-order chi connectivity index (χ1) is 12.8. The molecule has 128 valence electrons. The Kier molecular flexibility index (Phi) is 4.03. The van der Waals surface area contributed by atoms with Crippen LogP contribution in [0.25, 0.3) is 16.7 Å². The van der Waals surface area contributed by atoms with E-state index in [1.165, 1.54) is 0 Å². The highest BCUT2D eigenvalue weighted by atomic mass is 16.5. The summed E-state index contributed by atoms with van der Waals surface area (Å²) in [6.45, 7) is 2.21. The third-order valence-electron chi connectivity index (χ3n) is 3.81. The number of hydrogen-bond donors (Lipinski definition) is 1. The Morgan fingerprint density at radius 2 is 2.12 bits per heavy atom. The smallest absolute Gasteiger partial charge is 0.178 e. The Bertz CT molecular complexity index is 1160. The molecule has 0 amide bonds. The van der Waals surface area contributed by atoms with Gasteiger partial charge in [-0.15, -0.1) is 10.2 Å². The van der Waals surface area contributed by atoms with Crippen LogP contribution in [0.5, 0.6) is 5.75 Å². The summed E-state index contributed by atoms with van der Waals surface area (Å²) in [5.41, 5.74) is 3.70. The zero-order valence-corrected chi connectivity index (χ0v) is 14.3. The predicted molar refractivity (Wildman–Crippen MR) is 96.8 cm³/mol. The summed E-state index contributed by atoms with van der Waals surface area (Å²) in [7, 11) is 1.60. The van der Waals surface area contributed by atoms with E-state index in [0.29, 0.717) is 29.5 Å². The van der Waals surface area contributed by atoms with Gasteiger partial charge in [0.05, 0.1) is 31.1 Å². The molecule has 0 aromatic carbocycles. The largest absolute Gasteiger partial charge is 0.495 e. The van der Waals surface area contributed by atoms with Crippen molar-refractivity contribution in [2.24, 2.45) is 0 Å². The van der Waals surface area contributed by atoms with Gasteiger partial charge in [-0.05, 0) is 31.0 Å². The van der Waals surface area contributed by atoms with Crippen LogP contribution < -0.4 is 10.1 Å². The van der Waals surface area contributed by atoms with Crippen molar-refractivity contribution < 1.29 is 4.74 Å². The summed E-state index contributed by atoms with van der Waals surface area (Å²) in [6, 6.07) is 7.38. The summed E-state index contributed by atoms with van der Waals surface area (Å²) in [5.74, 6) is 7.12. The lowest BCUT2D eigenvalue weighted by molar-refractivity contribution is 0.413. The standard InChI is InChI=1S/C18H15N7O/c1-3-4-12-5-6-16-22-23-17(25(16)24-12)11-20-14-7-8-19-15-9-13(26-2)10-21-18(14)15/h5-10H,11H2,1-2H3,(H,19,20). The molecule has 0 radical (unpaired) electrons. The maximum Gasteiger partial charge on any atom is 0.178 e. The molecule has 0 spiro atoms.